The van der Waals surface area contributed by atoms with Gasteiger partial charge in [0.05, 0.1) is 12.7 Å². The minimum atomic E-state index is 0.0679. The molecule has 102 valence electrons. The summed E-state index contributed by atoms with van der Waals surface area (Å²) >= 11 is 0. The molecule has 1 aliphatic heterocycles. The smallest absolute Gasteiger partial charge is 0.124 e. The molecule has 1 aromatic rings. The van der Waals surface area contributed by atoms with Crippen molar-refractivity contribution >= 4 is 5.84 Å². The predicted octanol–water partition coefficient (Wildman–Crippen LogP) is 2.64. The molecule has 0 amide bonds. The fourth-order valence-electron chi connectivity index (χ4n) is 1.93. The maximum atomic E-state index is 9.28. The van der Waals surface area contributed by atoms with Crippen molar-refractivity contribution in [3.05, 3.63) is 42.1 Å². The fourth-order valence-corrected chi connectivity index (χ4v) is 1.93. The molecule has 0 aromatic heterocycles. The van der Waals surface area contributed by atoms with Crippen molar-refractivity contribution in [1.82, 2.24) is 10.2 Å². The summed E-state index contributed by atoms with van der Waals surface area (Å²) in [5, 5.41) is 12.6. The van der Waals surface area contributed by atoms with E-state index in [1.54, 1.807) is 12.1 Å². The van der Waals surface area contributed by atoms with E-state index in [0.717, 1.165) is 18.1 Å². The van der Waals surface area contributed by atoms with Crippen molar-refractivity contribution in [1.29, 1.82) is 0 Å². The molecule has 0 saturated heterocycles. The number of amidine groups is 1. The predicted molar refractivity (Wildman–Crippen MR) is 78.1 cm³/mol. The highest BCUT2D eigenvalue weighted by Crippen LogP contribution is 2.19. The monoisotopic (exact) mass is 259 g/mol. The summed E-state index contributed by atoms with van der Waals surface area (Å²) < 4.78 is 0. The molecule has 2 N–H and O–H groups in total. The van der Waals surface area contributed by atoms with Gasteiger partial charge in [-0.05, 0) is 44.5 Å². The van der Waals surface area contributed by atoms with Gasteiger partial charge in [0.1, 0.15) is 11.6 Å². The van der Waals surface area contributed by atoms with Gasteiger partial charge < -0.3 is 15.3 Å². The molecule has 0 bridgehead atoms. The van der Waals surface area contributed by atoms with Crippen molar-refractivity contribution in [2.75, 3.05) is 6.67 Å². The van der Waals surface area contributed by atoms with E-state index in [1.807, 2.05) is 25.1 Å². The number of nitrogens with one attached hydrogen (secondary N) is 1. The fraction of sp³-hybridized carbons (Fsp3) is 0.400. The van der Waals surface area contributed by atoms with Gasteiger partial charge in [-0.2, -0.15) is 0 Å². The van der Waals surface area contributed by atoms with Crippen LogP contribution in [-0.4, -0.2) is 28.6 Å². The van der Waals surface area contributed by atoms with Crippen LogP contribution in [0.1, 0.15) is 32.4 Å². The Labute approximate surface area is 114 Å². The molecular formula is C15H21N3O. The average molecular weight is 259 g/mol. The maximum Gasteiger partial charge on any atom is 0.124 e. The third kappa shape index (κ3) is 3.50. The lowest BCUT2D eigenvalue weighted by atomic mass is 10.1. The minimum absolute atomic E-state index is 0.0679. The first-order valence-electron chi connectivity index (χ1n) is 6.61. The van der Waals surface area contributed by atoms with Crippen molar-refractivity contribution in [3.8, 4) is 5.75 Å². The quantitative estimate of drug-likeness (QED) is 0.877. The van der Waals surface area contributed by atoms with Gasteiger partial charge in [0, 0.05) is 12.2 Å². The van der Waals surface area contributed by atoms with Crippen LogP contribution in [0.4, 0.5) is 0 Å². The lowest BCUT2D eigenvalue weighted by molar-refractivity contribution is 0.300. The topological polar surface area (TPSA) is 47.9 Å². The number of phenolic OH excluding ortho intramolecular Hbond substituents is 1. The molecule has 19 heavy (non-hydrogen) atoms. The molecule has 1 aromatic carbocycles. The zero-order valence-electron chi connectivity index (χ0n) is 11.7. The van der Waals surface area contributed by atoms with Crippen molar-refractivity contribution in [2.24, 2.45) is 4.99 Å². The van der Waals surface area contributed by atoms with Crippen LogP contribution >= 0.6 is 0 Å². The van der Waals surface area contributed by atoms with Crippen LogP contribution in [0.25, 0.3) is 0 Å². The SMILES string of the molecule is CC(C)N1C=CC(=N[C@@H](C)c2ccc(O)cc2)NC1. The summed E-state index contributed by atoms with van der Waals surface area (Å²) in [6, 6.07) is 7.74. The molecule has 0 aliphatic carbocycles. The number of benzene rings is 1. The van der Waals surface area contributed by atoms with E-state index >= 15 is 0 Å². The zero-order chi connectivity index (χ0) is 13.8. The molecule has 0 radical (unpaired) electrons. The lowest BCUT2D eigenvalue weighted by Gasteiger charge is -2.29. The first-order chi connectivity index (χ1) is 9.06. The summed E-state index contributed by atoms with van der Waals surface area (Å²) in [7, 11) is 0. The number of nitrogens with zero attached hydrogens (tertiary/aromatic N) is 2. The van der Waals surface area contributed by atoms with Crippen LogP contribution in [0, 0.1) is 0 Å². The second-order valence-electron chi connectivity index (χ2n) is 5.04. The normalized spacial score (nSPS) is 18.7. The van der Waals surface area contributed by atoms with E-state index in [-0.39, 0.29) is 11.8 Å². The van der Waals surface area contributed by atoms with Gasteiger partial charge in [-0.25, -0.2) is 0 Å². The number of phenols is 1. The van der Waals surface area contributed by atoms with Gasteiger partial charge in [0.2, 0.25) is 0 Å². The number of aromatic hydroxyl groups is 1. The summed E-state index contributed by atoms with van der Waals surface area (Å²) in [6.07, 6.45) is 4.07. The highest BCUT2D eigenvalue weighted by molar-refractivity contribution is 5.93. The van der Waals surface area contributed by atoms with Crippen LogP contribution in [0.2, 0.25) is 0 Å². The lowest BCUT2D eigenvalue weighted by Crippen LogP contribution is -2.41. The molecule has 4 nitrogen and oxygen atoms in total. The van der Waals surface area contributed by atoms with Crippen molar-refractivity contribution in [3.63, 3.8) is 0 Å². The number of hydrogen-bond acceptors (Lipinski definition) is 3. The molecule has 2 rings (SSSR count). The Morgan fingerprint density at radius 1 is 1.21 bits per heavy atom. The maximum absolute atomic E-state index is 9.28. The molecule has 0 fully saturated rings. The van der Waals surface area contributed by atoms with Crippen LogP contribution in [0.5, 0.6) is 5.75 Å². The second kappa shape index (κ2) is 5.78. The van der Waals surface area contributed by atoms with E-state index in [9.17, 15) is 5.11 Å². The number of rotatable bonds is 3. The van der Waals surface area contributed by atoms with Gasteiger partial charge in [-0.1, -0.05) is 12.1 Å². The molecule has 4 heteroatoms. The van der Waals surface area contributed by atoms with E-state index < -0.39 is 0 Å². The Bertz CT molecular complexity index is 477. The molecule has 1 heterocycles. The number of hydrogen-bond donors (Lipinski definition) is 2. The van der Waals surface area contributed by atoms with Crippen molar-refractivity contribution in [2.45, 2.75) is 32.9 Å². The Kier molecular flexibility index (Phi) is 4.10. The van der Waals surface area contributed by atoms with Gasteiger partial charge >= 0.3 is 0 Å². The minimum Gasteiger partial charge on any atom is -0.508 e. The Morgan fingerprint density at radius 2 is 1.89 bits per heavy atom. The molecule has 0 spiro atoms. The highest BCUT2D eigenvalue weighted by Gasteiger charge is 2.11. The van der Waals surface area contributed by atoms with Crippen LogP contribution in [-0.2, 0) is 0 Å². The molecular weight excluding hydrogens is 238 g/mol. The standard InChI is InChI=1S/C15H21N3O/c1-11(2)18-9-8-15(16-10-18)17-12(3)13-4-6-14(19)7-5-13/h4-9,11-12,19H,10H2,1-3H3,(H,16,17)/t12-/m0/s1. The Hall–Kier alpha value is -1.97. The van der Waals surface area contributed by atoms with E-state index in [4.69, 9.17) is 0 Å². The molecule has 0 unspecified atom stereocenters. The Morgan fingerprint density at radius 3 is 2.42 bits per heavy atom. The average Bonchev–Trinajstić information content (AvgIpc) is 2.40. The van der Waals surface area contributed by atoms with Crippen LogP contribution in [0.3, 0.4) is 0 Å². The number of aliphatic imine (C=N–C) groups is 1. The molecule has 1 aliphatic rings. The van der Waals surface area contributed by atoms with Crippen LogP contribution in [0.15, 0.2) is 41.5 Å². The van der Waals surface area contributed by atoms with Crippen LogP contribution < -0.4 is 5.32 Å². The summed E-state index contributed by atoms with van der Waals surface area (Å²) in [5.74, 6) is 1.18. The Balaban J connectivity index is 2.06. The summed E-state index contributed by atoms with van der Waals surface area (Å²) in [6.45, 7) is 7.15. The van der Waals surface area contributed by atoms with E-state index in [2.05, 4.69) is 35.3 Å². The van der Waals surface area contributed by atoms with E-state index in [0.29, 0.717) is 6.04 Å². The zero-order valence-corrected chi connectivity index (χ0v) is 11.7. The van der Waals surface area contributed by atoms with Crippen molar-refractivity contribution < 1.29 is 5.11 Å². The second-order valence-corrected chi connectivity index (χ2v) is 5.04. The molecule has 1 atom stereocenters. The third-order valence-electron chi connectivity index (χ3n) is 3.24. The van der Waals surface area contributed by atoms with Gasteiger partial charge in [0.15, 0.2) is 0 Å². The highest BCUT2D eigenvalue weighted by atomic mass is 16.3. The first-order valence-corrected chi connectivity index (χ1v) is 6.61. The largest absolute Gasteiger partial charge is 0.508 e. The first kappa shape index (κ1) is 13.5. The van der Waals surface area contributed by atoms with E-state index in [1.165, 1.54) is 0 Å². The van der Waals surface area contributed by atoms with Gasteiger partial charge in [-0.3, -0.25) is 4.99 Å². The molecule has 0 saturated carbocycles. The van der Waals surface area contributed by atoms with Gasteiger partial charge in [0.25, 0.3) is 0 Å². The summed E-state index contributed by atoms with van der Waals surface area (Å²) in [5.41, 5.74) is 1.09. The summed E-state index contributed by atoms with van der Waals surface area (Å²) in [4.78, 5) is 6.85. The van der Waals surface area contributed by atoms with Gasteiger partial charge in [-0.15, -0.1) is 0 Å². The third-order valence-corrected chi connectivity index (χ3v) is 3.24.